The molecule has 0 aliphatic rings. The van der Waals surface area contributed by atoms with Crippen LogP contribution in [0.5, 0.6) is 0 Å². The van der Waals surface area contributed by atoms with Crippen LogP contribution in [-0.4, -0.2) is 41.6 Å². The molecular weight excluding hydrogens is 262 g/mol. The Balaban J connectivity index is 1.94. The Kier molecular flexibility index (Phi) is 5.39. The number of rotatable bonds is 7. The van der Waals surface area contributed by atoms with Crippen molar-refractivity contribution in [1.29, 1.82) is 0 Å². The number of aryl methyl sites for hydroxylation is 1. The van der Waals surface area contributed by atoms with Gasteiger partial charge < -0.3 is 14.8 Å². The number of hydrogen-bond donors (Lipinski definition) is 1. The van der Waals surface area contributed by atoms with Gasteiger partial charge in [0.2, 0.25) is 5.91 Å². The van der Waals surface area contributed by atoms with Gasteiger partial charge in [0.1, 0.15) is 6.54 Å². The Morgan fingerprint density at radius 2 is 1.95 bits per heavy atom. The smallest absolute Gasteiger partial charge is 0.239 e. The summed E-state index contributed by atoms with van der Waals surface area (Å²) in [6, 6.07) is 10.3. The van der Waals surface area contributed by atoms with Gasteiger partial charge in [0.25, 0.3) is 0 Å². The van der Waals surface area contributed by atoms with E-state index in [1.54, 1.807) is 0 Å². The number of carbonyl (C=O) groups is 1. The molecule has 0 aliphatic heterocycles. The second-order valence-corrected chi connectivity index (χ2v) is 5.31. The largest absolute Gasteiger partial charge is 0.353 e. The van der Waals surface area contributed by atoms with Crippen LogP contribution < -0.4 is 5.32 Å². The van der Waals surface area contributed by atoms with Gasteiger partial charge in [-0.25, -0.2) is 0 Å². The van der Waals surface area contributed by atoms with Crippen LogP contribution >= 0.6 is 0 Å². The minimum Gasteiger partial charge on any atom is -0.353 e. The number of fused-ring (bicyclic) bond motifs is 1. The van der Waals surface area contributed by atoms with Crippen LogP contribution in [0.1, 0.15) is 19.5 Å². The zero-order valence-electron chi connectivity index (χ0n) is 13.2. The van der Waals surface area contributed by atoms with Crippen molar-refractivity contribution >= 4 is 16.8 Å². The van der Waals surface area contributed by atoms with Crippen LogP contribution in [0.3, 0.4) is 0 Å². The minimum absolute atomic E-state index is 0.0756. The second-order valence-electron chi connectivity index (χ2n) is 5.31. The molecule has 0 saturated heterocycles. The molecule has 0 bridgehead atoms. The molecule has 4 heteroatoms. The van der Waals surface area contributed by atoms with Gasteiger partial charge in [0.15, 0.2) is 0 Å². The first-order chi connectivity index (χ1) is 10.2. The maximum atomic E-state index is 12.1. The van der Waals surface area contributed by atoms with Gasteiger partial charge in [-0.05, 0) is 37.5 Å². The summed E-state index contributed by atoms with van der Waals surface area (Å²) < 4.78 is 2.07. The Hall–Kier alpha value is -1.81. The van der Waals surface area contributed by atoms with Crippen LogP contribution in [0.2, 0.25) is 0 Å². The average Bonchev–Trinajstić information content (AvgIpc) is 2.80. The third-order valence-electron chi connectivity index (χ3n) is 3.96. The molecule has 0 radical (unpaired) electrons. The summed E-state index contributed by atoms with van der Waals surface area (Å²) in [5, 5.41) is 4.20. The molecule has 1 heterocycles. The van der Waals surface area contributed by atoms with Crippen molar-refractivity contribution in [3.8, 4) is 0 Å². The molecule has 1 aromatic carbocycles. The second kappa shape index (κ2) is 7.27. The summed E-state index contributed by atoms with van der Waals surface area (Å²) in [5.74, 6) is 0.0756. The van der Waals surface area contributed by atoms with Crippen molar-refractivity contribution in [3.63, 3.8) is 0 Å². The monoisotopic (exact) mass is 287 g/mol. The fraction of sp³-hybridized carbons (Fsp3) is 0.471. The Labute approximate surface area is 126 Å². The number of amides is 1. The van der Waals surface area contributed by atoms with E-state index < -0.39 is 0 Å². The molecule has 0 unspecified atom stereocenters. The highest BCUT2D eigenvalue weighted by molar-refractivity contribution is 5.84. The molecule has 0 fully saturated rings. The lowest BCUT2D eigenvalue weighted by Crippen LogP contribution is -2.36. The van der Waals surface area contributed by atoms with Crippen molar-refractivity contribution in [2.75, 3.05) is 26.2 Å². The maximum Gasteiger partial charge on any atom is 0.239 e. The van der Waals surface area contributed by atoms with E-state index in [0.29, 0.717) is 13.1 Å². The highest BCUT2D eigenvalue weighted by Crippen LogP contribution is 2.18. The fourth-order valence-electron chi connectivity index (χ4n) is 2.65. The van der Waals surface area contributed by atoms with Crippen LogP contribution in [0.25, 0.3) is 10.9 Å². The Morgan fingerprint density at radius 1 is 1.24 bits per heavy atom. The number of nitrogens with zero attached hydrogens (tertiary/aromatic N) is 2. The number of para-hydroxylation sites is 1. The van der Waals surface area contributed by atoms with E-state index in [-0.39, 0.29) is 5.91 Å². The highest BCUT2D eigenvalue weighted by atomic mass is 16.1. The Bertz CT molecular complexity index is 599. The molecule has 0 atom stereocenters. The van der Waals surface area contributed by atoms with Crippen LogP contribution in [-0.2, 0) is 11.3 Å². The topological polar surface area (TPSA) is 37.3 Å². The summed E-state index contributed by atoms with van der Waals surface area (Å²) in [6.07, 6.45) is 0. The van der Waals surface area contributed by atoms with E-state index in [1.165, 1.54) is 5.39 Å². The summed E-state index contributed by atoms with van der Waals surface area (Å²) in [5.41, 5.74) is 2.24. The molecule has 114 valence electrons. The van der Waals surface area contributed by atoms with E-state index >= 15 is 0 Å². The quantitative estimate of drug-likeness (QED) is 0.849. The number of carbonyl (C=O) groups excluding carboxylic acids is 1. The van der Waals surface area contributed by atoms with Crippen molar-refractivity contribution in [2.45, 2.75) is 27.3 Å². The van der Waals surface area contributed by atoms with Crippen molar-refractivity contribution in [2.24, 2.45) is 0 Å². The van der Waals surface area contributed by atoms with Crippen LogP contribution in [0, 0.1) is 6.92 Å². The van der Waals surface area contributed by atoms with Crippen molar-refractivity contribution in [3.05, 3.63) is 36.0 Å². The lowest BCUT2D eigenvalue weighted by molar-refractivity contribution is -0.121. The van der Waals surface area contributed by atoms with Gasteiger partial charge in [-0.15, -0.1) is 0 Å². The van der Waals surface area contributed by atoms with Gasteiger partial charge in [-0.3, -0.25) is 4.79 Å². The lowest BCUT2D eigenvalue weighted by Gasteiger charge is -2.18. The van der Waals surface area contributed by atoms with Crippen LogP contribution in [0.15, 0.2) is 30.3 Å². The SMILES string of the molecule is CCN(CC)CCNC(=O)Cn1c(C)cc2ccccc21. The average molecular weight is 287 g/mol. The van der Waals surface area contributed by atoms with Gasteiger partial charge in [0, 0.05) is 24.3 Å². The van der Waals surface area contributed by atoms with Crippen molar-refractivity contribution < 1.29 is 4.79 Å². The Morgan fingerprint density at radius 3 is 2.67 bits per heavy atom. The summed E-state index contributed by atoms with van der Waals surface area (Å²) in [7, 11) is 0. The molecule has 21 heavy (non-hydrogen) atoms. The molecular formula is C17H25N3O. The number of nitrogens with one attached hydrogen (secondary N) is 1. The number of aromatic nitrogens is 1. The molecule has 0 spiro atoms. The van der Waals surface area contributed by atoms with Gasteiger partial charge in [-0.1, -0.05) is 32.0 Å². The normalized spacial score (nSPS) is 11.2. The van der Waals surface area contributed by atoms with Gasteiger partial charge >= 0.3 is 0 Å². The third-order valence-corrected chi connectivity index (χ3v) is 3.96. The van der Waals surface area contributed by atoms with Gasteiger partial charge in [-0.2, -0.15) is 0 Å². The molecule has 1 N–H and O–H groups in total. The molecule has 2 aromatic rings. The predicted octanol–water partition coefficient (Wildman–Crippen LogP) is 2.41. The van der Waals surface area contributed by atoms with E-state index in [4.69, 9.17) is 0 Å². The van der Waals surface area contributed by atoms with Gasteiger partial charge in [0.05, 0.1) is 0 Å². The first-order valence-corrected chi connectivity index (χ1v) is 7.69. The minimum atomic E-state index is 0.0756. The predicted molar refractivity (Wildman–Crippen MR) is 87.5 cm³/mol. The fourth-order valence-corrected chi connectivity index (χ4v) is 2.65. The molecule has 0 saturated carbocycles. The third kappa shape index (κ3) is 3.85. The zero-order chi connectivity index (χ0) is 15.2. The van der Waals surface area contributed by atoms with E-state index in [9.17, 15) is 4.79 Å². The first-order valence-electron chi connectivity index (χ1n) is 7.69. The number of likely N-dealkylation sites (N-methyl/N-ethyl adjacent to an activating group) is 1. The first kappa shape index (κ1) is 15.6. The van der Waals surface area contributed by atoms with Crippen LogP contribution in [0.4, 0.5) is 0 Å². The van der Waals surface area contributed by atoms with E-state index in [1.807, 2.05) is 19.1 Å². The highest BCUT2D eigenvalue weighted by Gasteiger charge is 2.09. The standard InChI is InChI=1S/C17H25N3O/c1-4-19(5-2)11-10-18-17(21)13-20-14(3)12-15-8-6-7-9-16(15)20/h6-9,12H,4-5,10-11,13H2,1-3H3,(H,18,21). The molecule has 4 nitrogen and oxygen atoms in total. The summed E-state index contributed by atoms with van der Waals surface area (Å²) >= 11 is 0. The van der Waals surface area contributed by atoms with E-state index in [2.05, 4.69) is 46.8 Å². The number of benzene rings is 1. The zero-order valence-corrected chi connectivity index (χ0v) is 13.2. The molecule has 0 aliphatic carbocycles. The van der Waals surface area contributed by atoms with Crippen molar-refractivity contribution in [1.82, 2.24) is 14.8 Å². The summed E-state index contributed by atoms with van der Waals surface area (Å²) in [6.45, 7) is 10.4. The molecule has 1 amide bonds. The lowest BCUT2D eigenvalue weighted by atomic mass is 10.2. The van der Waals surface area contributed by atoms with E-state index in [0.717, 1.165) is 30.8 Å². The molecule has 1 aromatic heterocycles. The molecule has 2 rings (SSSR count). The number of hydrogen-bond acceptors (Lipinski definition) is 2. The summed E-state index contributed by atoms with van der Waals surface area (Å²) in [4.78, 5) is 14.4. The maximum absolute atomic E-state index is 12.1.